The Morgan fingerprint density at radius 3 is 3.09 bits per heavy atom. The Bertz CT molecular complexity index is 576. The number of halogens is 1. The Hall–Kier alpha value is -1.60. The first-order valence-electron chi connectivity index (χ1n) is 7.94. The molecule has 8 heteroatoms. The molecule has 1 aromatic rings. The minimum Gasteiger partial charge on any atom is -0.370 e. The Morgan fingerprint density at radius 1 is 1.48 bits per heavy atom. The van der Waals surface area contributed by atoms with Crippen molar-refractivity contribution in [3.05, 3.63) is 12.3 Å². The molecule has 7 nitrogen and oxygen atoms in total. The van der Waals surface area contributed by atoms with Crippen LogP contribution in [0.4, 0.5) is 5.82 Å². The summed E-state index contributed by atoms with van der Waals surface area (Å²) in [5.41, 5.74) is 4.84. The lowest BCUT2D eigenvalue weighted by atomic mass is 9.67. The average molecular weight is 342 g/mol. The molecule has 2 amide bonds. The van der Waals surface area contributed by atoms with Gasteiger partial charge in [0.2, 0.25) is 11.8 Å². The monoisotopic (exact) mass is 341 g/mol. The highest BCUT2D eigenvalue weighted by molar-refractivity contribution is 5.95. The first-order chi connectivity index (χ1) is 10.6. The number of primary amides is 1. The number of aromatic nitrogens is 2. The molecular formula is C15H24ClN5O2. The van der Waals surface area contributed by atoms with E-state index in [0.717, 1.165) is 32.4 Å². The van der Waals surface area contributed by atoms with Gasteiger partial charge in [0.15, 0.2) is 5.82 Å². The van der Waals surface area contributed by atoms with E-state index >= 15 is 0 Å². The van der Waals surface area contributed by atoms with Gasteiger partial charge in [-0.2, -0.15) is 5.10 Å². The van der Waals surface area contributed by atoms with E-state index < -0.39 is 0 Å². The van der Waals surface area contributed by atoms with Crippen molar-refractivity contribution in [2.45, 2.75) is 38.6 Å². The number of fused-ring (bicyclic) bond motifs is 1. The Morgan fingerprint density at radius 2 is 2.30 bits per heavy atom. The van der Waals surface area contributed by atoms with Crippen LogP contribution in [0.1, 0.15) is 32.1 Å². The van der Waals surface area contributed by atoms with Gasteiger partial charge in [-0.05, 0) is 25.3 Å². The number of nitrogens with two attached hydrogens (primary N) is 1. The van der Waals surface area contributed by atoms with Gasteiger partial charge < -0.3 is 16.4 Å². The number of amides is 2. The van der Waals surface area contributed by atoms with E-state index in [0.29, 0.717) is 18.3 Å². The van der Waals surface area contributed by atoms with Crippen molar-refractivity contribution >= 4 is 30.0 Å². The largest absolute Gasteiger partial charge is 0.370 e. The minimum atomic E-state index is -0.359. The molecule has 4 N–H and O–H groups in total. The van der Waals surface area contributed by atoms with Gasteiger partial charge in [0.25, 0.3) is 0 Å². The molecule has 1 saturated heterocycles. The summed E-state index contributed by atoms with van der Waals surface area (Å²) in [5, 5.41) is 10.6. The Labute approximate surface area is 141 Å². The van der Waals surface area contributed by atoms with Crippen LogP contribution in [0.2, 0.25) is 0 Å². The fourth-order valence-electron chi connectivity index (χ4n) is 3.71. The highest BCUT2D eigenvalue weighted by Gasteiger charge is 2.49. The summed E-state index contributed by atoms with van der Waals surface area (Å²) in [5.74, 6) is 0.683. The summed E-state index contributed by atoms with van der Waals surface area (Å²) >= 11 is 0. The minimum absolute atomic E-state index is 0. The first kappa shape index (κ1) is 17.7. The predicted octanol–water partition coefficient (Wildman–Crippen LogP) is 0.899. The fraction of sp³-hybridized carbons (Fsp3) is 0.667. The molecule has 3 rings (SSSR count). The molecule has 23 heavy (non-hydrogen) atoms. The summed E-state index contributed by atoms with van der Waals surface area (Å²) in [6.07, 6.45) is 6.38. The number of hydrogen-bond acceptors (Lipinski definition) is 4. The van der Waals surface area contributed by atoms with Crippen LogP contribution in [0.25, 0.3) is 0 Å². The lowest BCUT2D eigenvalue weighted by Gasteiger charge is -2.36. The van der Waals surface area contributed by atoms with E-state index in [-0.39, 0.29) is 36.1 Å². The van der Waals surface area contributed by atoms with Crippen molar-refractivity contribution in [1.29, 1.82) is 0 Å². The lowest BCUT2D eigenvalue weighted by molar-refractivity contribution is -0.128. The highest BCUT2D eigenvalue weighted by Crippen LogP contribution is 2.44. The molecule has 0 bridgehead atoms. The fourth-order valence-corrected chi connectivity index (χ4v) is 3.71. The summed E-state index contributed by atoms with van der Waals surface area (Å²) < 4.78 is 1.63. The molecule has 0 radical (unpaired) electrons. The van der Waals surface area contributed by atoms with Gasteiger partial charge in [-0.25, -0.2) is 0 Å². The maximum absolute atomic E-state index is 12.8. The van der Waals surface area contributed by atoms with Crippen molar-refractivity contribution in [2.24, 2.45) is 17.1 Å². The van der Waals surface area contributed by atoms with Gasteiger partial charge in [0.1, 0.15) is 0 Å². The molecule has 1 aliphatic carbocycles. The highest BCUT2D eigenvalue weighted by atomic mass is 35.5. The van der Waals surface area contributed by atoms with E-state index in [1.165, 1.54) is 6.42 Å². The number of hydrogen-bond donors (Lipinski definition) is 3. The summed E-state index contributed by atoms with van der Waals surface area (Å²) in [6, 6.07) is 1.76. The number of carbonyl (C=O) groups is 2. The van der Waals surface area contributed by atoms with Crippen molar-refractivity contribution < 1.29 is 9.59 Å². The van der Waals surface area contributed by atoms with Gasteiger partial charge in [0, 0.05) is 31.8 Å². The molecule has 128 valence electrons. The molecule has 2 fully saturated rings. The molecule has 0 aromatic carbocycles. The van der Waals surface area contributed by atoms with Crippen LogP contribution in [-0.4, -0.2) is 34.7 Å². The Kier molecular flexibility index (Phi) is 5.64. The zero-order chi connectivity index (χ0) is 15.6. The van der Waals surface area contributed by atoms with Crippen molar-refractivity contribution in [3.8, 4) is 0 Å². The molecule has 1 aliphatic heterocycles. The molecule has 2 atom stereocenters. The topological polar surface area (TPSA) is 102 Å². The summed E-state index contributed by atoms with van der Waals surface area (Å²) in [7, 11) is 0. The first-order valence-corrected chi connectivity index (χ1v) is 7.94. The second-order valence-corrected chi connectivity index (χ2v) is 6.36. The second-order valence-electron chi connectivity index (χ2n) is 6.36. The Balaban J connectivity index is 0.00000192. The van der Waals surface area contributed by atoms with Gasteiger partial charge in [-0.15, -0.1) is 12.4 Å². The summed E-state index contributed by atoms with van der Waals surface area (Å²) in [6.45, 7) is 2.12. The smallest absolute Gasteiger partial charge is 0.233 e. The van der Waals surface area contributed by atoms with Crippen LogP contribution in [0.5, 0.6) is 0 Å². The average Bonchev–Trinajstić information content (AvgIpc) is 3.11. The lowest BCUT2D eigenvalue weighted by Crippen LogP contribution is -2.44. The third-order valence-electron chi connectivity index (χ3n) is 4.96. The molecule has 0 unspecified atom stereocenters. The standard InChI is InChI=1S/C15H23N5O2.ClH/c16-12(21)4-7-20-8-5-13(19-20)18-14(22)15-6-2-1-3-11(15)9-17-10-15;/h5,8,11,17H,1-4,6-7,9-10H2,(H2,16,21)(H,18,19,22);1H/t11-,15+;/m0./s1. The van der Waals surface area contributed by atoms with E-state index in [9.17, 15) is 9.59 Å². The third-order valence-corrected chi connectivity index (χ3v) is 4.96. The van der Waals surface area contributed by atoms with E-state index in [2.05, 4.69) is 15.7 Å². The van der Waals surface area contributed by atoms with Crippen molar-refractivity contribution in [3.63, 3.8) is 0 Å². The zero-order valence-electron chi connectivity index (χ0n) is 13.1. The third kappa shape index (κ3) is 3.67. The SMILES string of the molecule is Cl.NC(=O)CCn1ccc(NC(=O)[C@@]23CCCC[C@H]2CNC3)n1. The van der Waals surface area contributed by atoms with E-state index in [1.807, 2.05) is 0 Å². The molecule has 2 heterocycles. The molecule has 1 saturated carbocycles. The molecule has 0 spiro atoms. The second kappa shape index (κ2) is 7.31. The quantitative estimate of drug-likeness (QED) is 0.740. The normalized spacial score (nSPS) is 26.2. The van der Waals surface area contributed by atoms with Crippen LogP contribution in [-0.2, 0) is 16.1 Å². The van der Waals surface area contributed by atoms with Gasteiger partial charge >= 0.3 is 0 Å². The number of nitrogens with one attached hydrogen (secondary N) is 2. The number of aryl methyl sites for hydroxylation is 1. The number of rotatable bonds is 5. The van der Waals surface area contributed by atoms with Crippen molar-refractivity contribution in [1.82, 2.24) is 15.1 Å². The van der Waals surface area contributed by atoms with Crippen LogP contribution in [0, 0.1) is 11.3 Å². The number of nitrogens with zero attached hydrogens (tertiary/aromatic N) is 2. The maximum Gasteiger partial charge on any atom is 0.233 e. The van der Waals surface area contributed by atoms with Crippen LogP contribution >= 0.6 is 12.4 Å². The van der Waals surface area contributed by atoms with E-state index in [4.69, 9.17) is 5.73 Å². The predicted molar refractivity (Wildman–Crippen MR) is 89.2 cm³/mol. The van der Waals surface area contributed by atoms with Gasteiger partial charge in [0.05, 0.1) is 5.41 Å². The number of anilines is 1. The summed E-state index contributed by atoms with van der Waals surface area (Å²) in [4.78, 5) is 23.6. The van der Waals surface area contributed by atoms with Crippen LogP contribution < -0.4 is 16.4 Å². The molecule has 2 aliphatic rings. The maximum atomic E-state index is 12.8. The zero-order valence-corrected chi connectivity index (χ0v) is 13.9. The van der Waals surface area contributed by atoms with Gasteiger partial charge in [-0.1, -0.05) is 12.8 Å². The van der Waals surface area contributed by atoms with Crippen LogP contribution in [0.3, 0.4) is 0 Å². The number of carbonyl (C=O) groups excluding carboxylic acids is 2. The molecular weight excluding hydrogens is 318 g/mol. The van der Waals surface area contributed by atoms with Gasteiger partial charge in [-0.3, -0.25) is 14.3 Å². The van der Waals surface area contributed by atoms with Crippen molar-refractivity contribution in [2.75, 3.05) is 18.4 Å². The molecule has 1 aromatic heterocycles. The van der Waals surface area contributed by atoms with E-state index in [1.54, 1.807) is 16.9 Å². The van der Waals surface area contributed by atoms with Crippen LogP contribution in [0.15, 0.2) is 12.3 Å².